The zero-order chi connectivity index (χ0) is 13.4. The number of aldehydes is 1. The van der Waals surface area contributed by atoms with E-state index in [1.807, 2.05) is 24.3 Å². The number of carbonyl (C=O) groups excluding carboxylic acids is 1. The third-order valence-electron chi connectivity index (χ3n) is 3.79. The molecular weight excluding hydrogens is 232 g/mol. The molecule has 0 radical (unpaired) electrons. The van der Waals surface area contributed by atoms with Gasteiger partial charge in [0.15, 0.2) is 0 Å². The van der Waals surface area contributed by atoms with Gasteiger partial charge in [0.1, 0.15) is 6.29 Å². The molecule has 1 nitrogen and oxygen atoms in total. The lowest BCUT2D eigenvalue weighted by atomic mass is 9.89. The summed E-state index contributed by atoms with van der Waals surface area (Å²) in [6.07, 6.45) is 5.39. The lowest BCUT2D eigenvalue weighted by Gasteiger charge is -2.14. The van der Waals surface area contributed by atoms with Crippen molar-refractivity contribution < 1.29 is 4.79 Å². The van der Waals surface area contributed by atoms with Gasteiger partial charge in [0.05, 0.1) is 0 Å². The summed E-state index contributed by atoms with van der Waals surface area (Å²) in [5.41, 5.74) is 4.48. The van der Waals surface area contributed by atoms with Gasteiger partial charge < -0.3 is 0 Å². The fourth-order valence-corrected chi connectivity index (χ4v) is 2.87. The fraction of sp³-hybridized carbons (Fsp3) is 0.167. The van der Waals surface area contributed by atoms with Crippen LogP contribution in [0.15, 0.2) is 59.7 Å². The van der Waals surface area contributed by atoms with E-state index < -0.39 is 0 Å². The summed E-state index contributed by atoms with van der Waals surface area (Å²) in [4.78, 5) is 11.4. The van der Waals surface area contributed by atoms with Crippen LogP contribution in [0.4, 0.5) is 0 Å². The van der Waals surface area contributed by atoms with Crippen LogP contribution < -0.4 is 0 Å². The van der Waals surface area contributed by atoms with Crippen LogP contribution in [0.5, 0.6) is 0 Å². The van der Waals surface area contributed by atoms with Crippen molar-refractivity contribution in [2.75, 3.05) is 0 Å². The molecule has 0 aromatic heterocycles. The zero-order valence-electron chi connectivity index (χ0n) is 11.2. The van der Waals surface area contributed by atoms with Gasteiger partial charge in [-0.2, -0.15) is 0 Å². The Labute approximate surface area is 113 Å². The summed E-state index contributed by atoms with van der Waals surface area (Å²) in [7, 11) is 0. The van der Waals surface area contributed by atoms with Crippen molar-refractivity contribution in [2.45, 2.75) is 19.8 Å². The van der Waals surface area contributed by atoms with Crippen LogP contribution in [0.3, 0.4) is 0 Å². The van der Waals surface area contributed by atoms with Gasteiger partial charge in [-0.15, -0.1) is 0 Å². The maximum absolute atomic E-state index is 11.4. The molecule has 0 spiro atoms. The van der Waals surface area contributed by atoms with E-state index in [-0.39, 0.29) is 5.92 Å². The quantitative estimate of drug-likeness (QED) is 0.707. The molecular formula is C18H16O. The first-order valence-corrected chi connectivity index (χ1v) is 6.53. The van der Waals surface area contributed by atoms with E-state index in [1.165, 1.54) is 16.5 Å². The maximum Gasteiger partial charge on any atom is 0.150 e. The third kappa shape index (κ3) is 2.01. The number of hydrogen-bond donors (Lipinski definition) is 0. The molecule has 1 aliphatic rings. The first kappa shape index (κ1) is 11.9. The third-order valence-corrected chi connectivity index (χ3v) is 3.79. The summed E-state index contributed by atoms with van der Waals surface area (Å²) in [6.45, 7) is 4.23. The van der Waals surface area contributed by atoms with E-state index in [1.54, 1.807) is 0 Å². The maximum atomic E-state index is 11.4. The molecule has 0 bridgehead atoms. The van der Waals surface area contributed by atoms with Crippen molar-refractivity contribution in [2.24, 2.45) is 0 Å². The van der Waals surface area contributed by atoms with Crippen molar-refractivity contribution in [1.29, 1.82) is 0 Å². The van der Waals surface area contributed by atoms with Crippen molar-refractivity contribution in [3.63, 3.8) is 0 Å². The van der Waals surface area contributed by atoms with Gasteiger partial charge in [0.25, 0.3) is 0 Å². The smallest absolute Gasteiger partial charge is 0.150 e. The minimum absolute atomic E-state index is 0.241. The number of fused-ring (bicyclic) bond motifs is 1. The topological polar surface area (TPSA) is 17.1 Å². The van der Waals surface area contributed by atoms with E-state index >= 15 is 0 Å². The van der Waals surface area contributed by atoms with Gasteiger partial charge >= 0.3 is 0 Å². The van der Waals surface area contributed by atoms with Crippen LogP contribution in [-0.2, 0) is 0 Å². The fourth-order valence-electron chi connectivity index (χ4n) is 2.87. The number of carbonyl (C=O) groups is 1. The molecule has 0 heterocycles. The second-order valence-corrected chi connectivity index (χ2v) is 5.22. The molecule has 1 atom stereocenters. The van der Waals surface area contributed by atoms with Gasteiger partial charge in [-0.05, 0) is 42.3 Å². The Morgan fingerprint density at radius 1 is 1.05 bits per heavy atom. The van der Waals surface area contributed by atoms with Crippen LogP contribution in [0.2, 0.25) is 0 Å². The molecule has 94 valence electrons. The van der Waals surface area contributed by atoms with Crippen molar-refractivity contribution >= 4 is 17.1 Å². The van der Waals surface area contributed by atoms with Crippen molar-refractivity contribution in [3.8, 4) is 0 Å². The second-order valence-electron chi connectivity index (χ2n) is 5.22. The SMILES string of the molecule is CC1=CC(c2cc3ccccc3cc2C=O)C(C)=C1. The van der Waals surface area contributed by atoms with Gasteiger partial charge in [-0.3, -0.25) is 4.79 Å². The lowest BCUT2D eigenvalue weighted by Crippen LogP contribution is -2.00. The molecule has 0 fully saturated rings. The van der Waals surface area contributed by atoms with E-state index in [4.69, 9.17) is 0 Å². The summed E-state index contributed by atoms with van der Waals surface area (Å²) < 4.78 is 0. The Morgan fingerprint density at radius 3 is 2.32 bits per heavy atom. The standard InChI is InChI=1S/C18H16O/c1-12-7-13(2)17(8-12)18-10-15-6-4-3-5-14(15)9-16(18)11-19/h3-11,17H,1-2H3. The lowest BCUT2D eigenvalue weighted by molar-refractivity contribution is 0.112. The highest BCUT2D eigenvalue weighted by atomic mass is 16.1. The summed E-state index contributed by atoms with van der Waals surface area (Å²) in [6, 6.07) is 12.3. The first-order valence-electron chi connectivity index (χ1n) is 6.53. The Morgan fingerprint density at radius 2 is 1.74 bits per heavy atom. The Bertz CT molecular complexity index is 720. The van der Waals surface area contributed by atoms with E-state index in [2.05, 4.69) is 38.1 Å². The average molecular weight is 248 g/mol. The highest BCUT2D eigenvalue weighted by Gasteiger charge is 2.19. The largest absolute Gasteiger partial charge is 0.298 e. The van der Waals surface area contributed by atoms with Crippen LogP contribution >= 0.6 is 0 Å². The van der Waals surface area contributed by atoms with Gasteiger partial charge in [0.2, 0.25) is 0 Å². The average Bonchev–Trinajstić information content (AvgIpc) is 2.76. The van der Waals surface area contributed by atoms with Gasteiger partial charge in [0, 0.05) is 11.5 Å². The molecule has 0 saturated heterocycles. The van der Waals surface area contributed by atoms with E-state index in [9.17, 15) is 4.79 Å². The summed E-state index contributed by atoms with van der Waals surface area (Å²) >= 11 is 0. The summed E-state index contributed by atoms with van der Waals surface area (Å²) in [5, 5.41) is 2.31. The predicted octanol–water partition coefficient (Wildman–Crippen LogP) is 4.64. The van der Waals surface area contributed by atoms with Crippen LogP contribution in [-0.4, -0.2) is 6.29 Å². The normalized spacial score (nSPS) is 18.3. The number of benzene rings is 2. The first-order chi connectivity index (χ1) is 9.19. The van der Waals surface area contributed by atoms with Crippen molar-refractivity contribution in [1.82, 2.24) is 0 Å². The monoisotopic (exact) mass is 248 g/mol. The second kappa shape index (κ2) is 4.51. The molecule has 1 aliphatic carbocycles. The molecule has 2 aromatic rings. The molecule has 2 aromatic carbocycles. The Balaban J connectivity index is 2.23. The predicted molar refractivity (Wildman–Crippen MR) is 79.6 cm³/mol. The summed E-state index contributed by atoms with van der Waals surface area (Å²) in [5.74, 6) is 0.241. The molecule has 0 amide bonds. The molecule has 3 rings (SSSR count). The Hall–Kier alpha value is -2.15. The van der Waals surface area contributed by atoms with E-state index in [0.29, 0.717) is 0 Å². The van der Waals surface area contributed by atoms with Crippen LogP contribution in [0, 0.1) is 0 Å². The number of hydrogen-bond acceptors (Lipinski definition) is 1. The minimum Gasteiger partial charge on any atom is -0.298 e. The number of allylic oxidation sites excluding steroid dienone is 4. The number of rotatable bonds is 2. The van der Waals surface area contributed by atoms with Gasteiger partial charge in [-0.1, -0.05) is 47.6 Å². The van der Waals surface area contributed by atoms with Crippen LogP contribution in [0.1, 0.15) is 35.7 Å². The molecule has 19 heavy (non-hydrogen) atoms. The molecule has 0 saturated carbocycles. The van der Waals surface area contributed by atoms with Crippen LogP contribution in [0.25, 0.3) is 10.8 Å². The minimum atomic E-state index is 0.241. The van der Waals surface area contributed by atoms with E-state index in [0.717, 1.165) is 22.8 Å². The van der Waals surface area contributed by atoms with Crippen molar-refractivity contribution in [3.05, 3.63) is 70.8 Å². The zero-order valence-corrected chi connectivity index (χ0v) is 11.2. The Kier molecular flexibility index (Phi) is 2.83. The molecule has 1 unspecified atom stereocenters. The molecule has 1 heteroatoms. The van der Waals surface area contributed by atoms with Gasteiger partial charge in [-0.25, -0.2) is 0 Å². The highest BCUT2D eigenvalue weighted by molar-refractivity contribution is 5.91. The molecule has 0 aliphatic heterocycles. The molecule has 0 N–H and O–H groups in total. The highest BCUT2D eigenvalue weighted by Crippen LogP contribution is 2.36.